The lowest BCUT2D eigenvalue weighted by Gasteiger charge is -2.36. The van der Waals surface area contributed by atoms with Crippen LogP contribution in [0.25, 0.3) is 0 Å². The van der Waals surface area contributed by atoms with Gasteiger partial charge in [0.15, 0.2) is 0 Å². The maximum Gasteiger partial charge on any atom is 0.240 e. The van der Waals surface area contributed by atoms with Gasteiger partial charge in [-0.1, -0.05) is 36.8 Å². The lowest BCUT2D eigenvalue weighted by molar-refractivity contribution is -0.123. The van der Waals surface area contributed by atoms with E-state index in [1.165, 1.54) is 18.4 Å². The van der Waals surface area contributed by atoms with E-state index in [0.29, 0.717) is 6.04 Å². The highest BCUT2D eigenvalue weighted by molar-refractivity contribution is 5.89. The number of carbonyl (C=O) groups is 1. The van der Waals surface area contributed by atoms with Crippen molar-refractivity contribution in [3.05, 3.63) is 35.9 Å². The Morgan fingerprint density at radius 3 is 2.57 bits per heavy atom. The molecule has 0 bridgehead atoms. The fourth-order valence-corrected chi connectivity index (χ4v) is 3.07. The summed E-state index contributed by atoms with van der Waals surface area (Å²) in [5, 5.41) is 3.06. The maximum atomic E-state index is 12.0. The highest BCUT2D eigenvalue weighted by Crippen LogP contribution is 2.32. The molecule has 0 radical (unpaired) electrons. The molecule has 3 rings (SSSR count). The van der Waals surface area contributed by atoms with Gasteiger partial charge in [-0.05, 0) is 37.8 Å². The van der Waals surface area contributed by atoms with Gasteiger partial charge in [0.25, 0.3) is 0 Å². The highest BCUT2D eigenvalue weighted by atomic mass is 35.5. The molecule has 23 heavy (non-hydrogen) atoms. The van der Waals surface area contributed by atoms with Crippen molar-refractivity contribution < 1.29 is 4.79 Å². The van der Waals surface area contributed by atoms with Crippen molar-refractivity contribution in [3.8, 4) is 0 Å². The first-order valence-corrected chi connectivity index (χ1v) is 8.02. The molecule has 2 aliphatic rings. The molecule has 4 nitrogen and oxygen atoms in total. The zero-order chi connectivity index (χ0) is 14.7. The summed E-state index contributed by atoms with van der Waals surface area (Å²) in [5.74, 6) is 0.0349. The Morgan fingerprint density at radius 1 is 1.22 bits per heavy atom. The second-order valence-corrected chi connectivity index (χ2v) is 6.47. The van der Waals surface area contributed by atoms with Crippen molar-refractivity contribution in [2.75, 3.05) is 13.1 Å². The summed E-state index contributed by atoms with van der Waals surface area (Å²) in [6, 6.07) is 11.0. The van der Waals surface area contributed by atoms with Gasteiger partial charge in [0, 0.05) is 19.1 Å². The molecule has 1 saturated heterocycles. The summed E-state index contributed by atoms with van der Waals surface area (Å²) in [7, 11) is 0. The molecule has 1 aliphatic heterocycles. The van der Waals surface area contributed by atoms with E-state index in [0.717, 1.165) is 38.9 Å². The van der Waals surface area contributed by atoms with Crippen molar-refractivity contribution in [2.45, 2.75) is 50.2 Å². The monoisotopic (exact) mass is 359 g/mol. The minimum atomic E-state index is -0.557. The third-order valence-corrected chi connectivity index (χ3v) is 4.72. The molecule has 0 aromatic heterocycles. The van der Waals surface area contributed by atoms with Gasteiger partial charge in [-0.25, -0.2) is 0 Å². The molecule has 1 aromatic rings. The van der Waals surface area contributed by atoms with Gasteiger partial charge in [0.2, 0.25) is 5.91 Å². The van der Waals surface area contributed by atoms with Crippen LogP contribution in [0.2, 0.25) is 0 Å². The van der Waals surface area contributed by atoms with Crippen molar-refractivity contribution in [1.82, 2.24) is 10.2 Å². The van der Waals surface area contributed by atoms with E-state index in [1.54, 1.807) is 0 Å². The first-order valence-electron chi connectivity index (χ1n) is 8.02. The van der Waals surface area contributed by atoms with E-state index in [-0.39, 0.29) is 30.7 Å². The molecule has 1 amide bonds. The molecule has 1 saturated carbocycles. The van der Waals surface area contributed by atoms with Crippen LogP contribution in [-0.4, -0.2) is 35.5 Å². The molecule has 1 aliphatic carbocycles. The Hall–Kier alpha value is -0.810. The van der Waals surface area contributed by atoms with Crippen LogP contribution in [-0.2, 0) is 11.3 Å². The van der Waals surface area contributed by atoms with Crippen LogP contribution < -0.4 is 11.1 Å². The number of benzene rings is 1. The number of nitrogens with one attached hydrogen (secondary N) is 1. The van der Waals surface area contributed by atoms with E-state index >= 15 is 0 Å². The standard InChI is InChI=1S/C17H25N3O.2ClH/c18-17(9-10-17)16(21)19-12-15-8-4-5-11-20(15)13-14-6-2-1-3-7-14;;/h1-3,6-7,15H,4-5,8-13,18H2,(H,19,21);2*1H. The number of carbonyl (C=O) groups excluding carboxylic acids is 1. The minimum Gasteiger partial charge on any atom is -0.353 e. The third-order valence-electron chi connectivity index (χ3n) is 4.72. The third kappa shape index (κ3) is 5.35. The van der Waals surface area contributed by atoms with Gasteiger partial charge in [-0.15, -0.1) is 24.8 Å². The van der Waals surface area contributed by atoms with E-state index in [2.05, 4.69) is 34.5 Å². The summed E-state index contributed by atoms with van der Waals surface area (Å²) in [6.45, 7) is 2.81. The van der Waals surface area contributed by atoms with E-state index in [4.69, 9.17) is 5.73 Å². The number of hydrogen-bond acceptors (Lipinski definition) is 3. The van der Waals surface area contributed by atoms with Crippen LogP contribution in [0, 0.1) is 0 Å². The second kappa shape index (κ2) is 8.88. The van der Waals surface area contributed by atoms with Gasteiger partial charge in [0.05, 0.1) is 5.54 Å². The Morgan fingerprint density at radius 2 is 1.91 bits per heavy atom. The summed E-state index contributed by atoms with van der Waals surface area (Å²) in [4.78, 5) is 14.5. The lowest BCUT2D eigenvalue weighted by atomic mass is 10.0. The second-order valence-electron chi connectivity index (χ2n) is 6.47. The van der Waals surface area contributed by atoms with Crippen LogP contribution in [0.15, 0.2) is 30.3 Å². The SMILES string of the molecule is Cl.Cl.NC1(C(=O)NCC2CCCCN2Cc2ccccc2)CC1. The molecule has 6 heteroatoms. The van der Waals surface area contributed by atoms with Gasteiger partial charge in [0.1, 0.15) is 0 Å². The summed E-state index contributed by atoms with van der Waals surface area (Å²) in [6.07, 6.45) is 5.32. The van der Waals surface area contributed by atoms with E-state index in [9.17, 15) is 4.79 Å². The van der Waals surface area contributed by atoms with Gasteiger partial charge in [-0.3, -0.25) is 9.69 Å². The van der Waals surface area contributed by atoms with E-state index in [1.807, 2.05) is 6.07 Å². The van der Waals surface area contributed by atoms with Gasteiger partial charge in [-0.2, -0.15) is 0 Å². The molecule has 1 heterocycles. The lowest BCUT2D eigenvalue weighted by Crippen LogP contribution is -2.50. The van der Waals surface area contributed by atoms with Crippen LogP contribution in [0.4, 0.5) is 0 Å². The van der Waals surface area contributed by atoms with Crippen LogP contribution in [0.5, 0.6) is 0 Å². The Bertz CT molecular complexity index is 494. The maximum absolute atomic E-state index is 12.0. The summed E-state index contributed by atoms with van der Waals surface area (Å²) < 4.78 is 0. The average molecular weight is 360 g/mol. The first kappa shape index (κ1) is 20.2. The van der Waals surface area contributed by atoms with Crippen molar-refractivity contribution in [2.24, 2.45) is 5.73 Å². The van der Waals surface area contributed by atoms with Gasteiger partial charge >= 0.3 is 0 Å². The first-order chi connectivity index (χ1) is 10.2. The molecule has 130 valence electrons. The largest absolute Gasteiger partial charge is 0.353 e. The molecule has 1 aromatic carbocycles. The molecular formula is C17H27Cl2N3O. The number of halogens is 2. The number of nitrogens with zero attached hydrogens (tertiary/aromatic N) is 1. The average Bonchev–Trinajstić information content (AvgIpc) is 3.26. The van der Waals surface area contributed by atoms with Crippen molar-refractivity contribution in [1.29, 1.82) is 0 Å². The number of rotatable bonds is 5. The topological polar surface area (TPSA) is 58.4 Å². The number of hydrogen-bond donors (Lipinski definition) is 2. The Kier molecular flexibility index (Phi) is 7.81. The van der Waals surface area contributed by atoms with Crippen LogP contribution in [0.3, 0.4) is 0 Å². The predicted molar refractivity (Wildman–Crippen MR) is 98.1 cm³/mol. The smallest absolute Gasteiger partial charge is 0.240 e. The fraction of sp³-hybridized carbons (Fsp3) is 0.588. The minimum absolute atomic E-state index is 0. The highest BCUT2D eigenvalue weighted by Gasteiger charge is 2.45. The zero-order valence-corrected chi connectivity index (χ0v) is 15.0. The Labute approximate surface area is 151 Å². The number of piperidine rings is 1. The van der Waals surface area contributed by atoms with Crippen LogP contribution in [0.1, 0.15) is 37.7 Å². The quantitative estimate of drug-likeness (QED) is 0.848. The molecule has 1 atom stereocenters. The summed E-state index contributed by atoms with van der Waals surface area (Å²) in [5.41, 5.74) is 6.72. The fourth-order valence-electron chi connectivity index (χ4n) is 3.07. The predicted octanol–water partition coefficient (Wildman–Crippen LogP) is 2.49. The number of amides is 1. The van der Waals surface area contributed by atoms with E-state index < -0.39 is 5.54 Å². The van der Waals surface area contributed by atoms with Crippen molar-refractivity contribution in [3.63, 3.8) is 0 Å². The molecular weight excluding hydrogens is 333 g/mol. The van der Waals surface area contributed by atoms with Crippen LogP contribution >= 0.6 is 24.8 Å². The summed E-state index contributed by atoms with van der Waals surface area (Å²) >= 11 is 0. The zero-order valence-electron chi connectivity index (χ0n) is 13.4. The number of nitrogens with two attached hydrogens (primary N) is 1. The number of likely N-dealkylation sites (tertiary alicyclic amines) is 1. The molecule has 1 unspecified atom stereocenters. The van der Waals surface area contributed by atoms with Gasteiger partial charge < -0.3 is 11.1 Å². The molecule has 0 spiro atoms. The Balaban J connectivity index is 0.00000132. The molecule has 2 fully saturated rings. The van der Waals surface area contributed by atoms with Crippen molar-refractivity contribution >= 4 is 30.7 Å². The normalized spacial score (nSPS) is 22.4. The molecule has 3 N–H and O–H groups in total.